The summed E-state index contributed by atoms with van der Waals surface area (Å²) in [6.07, 6.45) is 0. The van der Waals surface area contributed by atoms with Gasteiger partial charge in [-0.1, -0.05) is 23.2 Å². The summed E-state index contributed by atoms with van der Waals surface area (Å²) in [5, 5.41) is -0.0952. The summed E-state index contributed by atoms with van der Waals surface area (Å²) in [4.78, 5) is -0.258. The van der Waals surface area contributed by atoms with Crippen molar-refractivity contribution in [1.82, 2.24) is 0 Å². The van der Waals surface area contributed by atoms with Crippen molar-refractivity contribution in [2.75, 3.05) is 17.9 Å². The predicted octanol–water partition coefficient (Wildman–Crippen LogP) is 3.70. The second-order valence-corrected chi connectivity index (χ2v) is 7.12. The average molecular weight is 378 g/mol. The Balaban J connectivity index is 1.97. The van der Waals surface area contributed by atoms with Crippen molar-refractivity contribution in [2.24, 2.45) is 0 Å². The molecule has 1 aliphatic rings. The molecule has 0 saturated carbocycles. The lowest BCUT2D eigenvalue weighted by molar-refractivity contribution is 0.171. The van der Waals surface area contributed by atoms with Crippen LogP contribution in [0.3, 0.4) is 0 Å². The molecular formula is C14H10Cl2FNO4S. The molecule has 0 spiro atoms. The molecule has 0 atom stereocenters. The first-order chi connectivity index (χ1) is 10.9. The maximum absolute atomic E-state index is 13.1. The number of halogens is 3. The highest BCUT2D eigenvalue weighted by atomic mass is 35.5. The van der Waals surface area contributed by atoms with E-state index in [-0.39, 0.29) is 20.6 Å². The normalized spacial score (nSPS) is 13.7. The van der Waals surface area contributed by atoms with Crippen LogP contribution in [0, 0.1) is 5.82 Å². The minimum absolute atomic E-state index is 0.108. The zero-order valence-corrected chi connectivity index (χ0v) is 13.8. The van der Waals surface area contributed by atoms with Crippen molar-refractivity contribution in [3.8, 4) is 11.5 Å². The molecule has 0 unspecified atom stereocenters. The van der Waals surface area contributed by atoms with Crippen molar-refractivity contribution in [2.45, 2.75) is 4.90 Å². The smallest absolute Gasteiger partial charge is 0.263 e. The monoisotopic (exact) mass is 377 g/mol. The van der Waals surface area contributed by atoms with Crippen LogP contribution >= 0.6 is 23.2 Å². The van der Waals surface area contributed by atoms with Crippen LogP contribution in [0.5, 0.6) is 11.5 Å². The van der Waals surface area contributed by atoms with E-state index in [4.69, 9.17) is 32.7 Å². The van der Waals surface area contributed by atoms with Gasteiger partial charge < -0.3 is 9.47 Å². The SMILES string of the molecule is O=S(=O)(Nc1cc2c(cc1Cl)OCCO2)c1ccc(F)cc1Cl. The van der Waals surface area contributed by atoms with E-state index in [1.807, 2.05) is 0 Å². The van der Waals surface area contributed by atoms with Gasteiger partial charge >= 0.3 is 0 Å². The number of ether oxygens (including phenoxy) is 2. The Labute approximate surface area is 142 Å². The fraction of sp³-hybridized carbons (Fsp3) is 0.143. The minimum atomic E-state index is -4.04. The maximum atomic E-state index is 13.1. The summed E-state index contributed by atoms with van der Waals surface area (Å²) >= 11 is 11.9. The van der Waals surface area contributed by atoms with Crippen molar-refractivity contribution >= 4 is 38.9 Å². The molecule has 23 heavy (non-hydrogen) atoms. The van der Waals surface area contributed by atoms with Crippen LogP contribution in [-0.2, 0) is 10.0 Å². The number of rotatable bonds is 3. The molecule has 0 saturated heterocycles. The van der Waals surface area contributed by atoms with Gasteiger partial charge in [0.15, 0.2) is 11.5 Å². The largest absolute Gasteiger partial charge is 0.486 e. The van der Waals surface area contributed by atoms with Gasteiger partial charge in [0.2, 0.25) is 0 Å². The van der Waals surface area contributed by atoms with Crippen LogP contribution < -0.4 is 14.2 Å². The van der Waals surface area contributed by atoms with E-state index in [1.54, 1.807) is 0 Å². The van der Waals surface area contributed by atoms with Crippen molar-refractivity contribution in [1.29, 1.82) is 0 Å². The van der Waals surface area contributed by atoms with E-state index in [2.05, 4.69) is 4.72 Å². The molecule has 1 heterocycles. The molecule has 1 N–H and O–H groups in total. The van der Waals surface area contributed by atoms with Crippen molar-refractivity contribution in [3.63, 3.8) is 0 Å². The third kappa shape index (κ3) is 3.31. The summed E-state index contributed by atoms with van der Waals surface area (Å²) in [5.74, 6) is 0.180. The van der Waals surface area contributed by atoms with E-state index < -0.39 is 15.8 Å². The van der Waals surface area contributed by atoms with Gasteiger partial charge in [-0.25, -0.2) is 12.8 Å². The first-order valence-electron chi connectivity index (χ1n) is 6.44. The number of benzene rings is 2. The Morgan fingerprint density at radius 2 is 1.65 bits per heavy atom. The number of hydrogen-bond acceptors (Lipinski definition) is 4. The van der Waals surface area contributed by atoms with Gasteiger partial charge in [-0.2, -0.15) is 0 Å². The van der Waals surface area contributed by atoms with E-state index in [9.17, 15) is 12.8 Å². The van der Waals surface area contributed by atoms with Crippen LogP contribution in [0.2, 0.25) is 10.0 Å². The Hall–Kier alpha value is -1.70. The molecule has 0 amide bonds. The van der Waals surface area contributed by atoms with Gasteiger partial charge in [0.05, 0.1) is 15.7 Å². The topological polar surface area (TPSA) is 64.6 Å². The molecule has 2 aromatic carbocycles. The molecule has 122 valence electrons. The maximum Gasteiger partial charge on any atom is 0.263 e. The Morgan fingerprint density at radius 1 is 1.00 bits per heavy atom. The molecule has 0 radical (unpaired) electrons. The van der Waals surface area contributed by atoms with Gasteiger partial charge in [0.1, 0.15) is 23.9 Å². The predicted molar refractivity (Wildman–Crippen MR) is 84.7 cm³/mol. The highest BCUT2D eigenvalue weighted by Gasteiger charge is 2.22. The molecule has 0 bridgehead atoms. The van der Waals surface area contributed by atoms with Gasteiger partial charge in [-0.3, -0.25) is 4.72 Å². The molecular weight excluding hydrogens is 368 g/mol. The first kappa shape index (κ1) is 16.2. The second kappa shape index (κ2) is 6.07. The number of fused-ring (bicyclic) bond motifs is 1. The molecule has 0 fully saturated rings. The fourth-order valence-electron chi connectivity index (χ4n) is 2.04. The Morgan fingerprint density at radius 3 is 2.30 bits per heavy atom. The van der Waals surface area contributed by atoms with Crippen LogP contribution in [-0.4, -0.2) is 21.6 Å². The highest BCUT2D eigenvalue weighted by Crippen LogP contribution is 2.39. The van der Waals surface area contributed by atoms with Crippen LogP contribution in [0.4, 0.5) is 10.1 Å². The van der Waals surface area contributed by atoms with Crippen LogP contribution in [0.25, 0.3) is 0 Å². The van der Waals surface area contributed by atoms with Crippen molar-refractivity contribution in [3.05, 3.63) is 46.2 Å². The zero-order chi connectivity index (χ0) is 16.6. The Bertz CT molecular complexity index is 873. The molecule has 0 aromatic heterocycles. The van der Waals surface area contributed by atoms with Gasteiger partial charge in [0.25, 0.3) is 10.0 Å². The first-order valence-corrected chi connectivity index (χ1v) is 8.68. The lowest BCUT2D eigenvalue weighted by Crippen LogP contribution is -2.17. The van der Waals surface area contributed by atoms with E-state index in [0.29, 0.717) is 24.7 Å². The molecule has 0 aliphatic carbocycles. The number of hydrogen-bond donors (Lipinski definition) is 1. The summed E-state index contributed by atoms with van der Waals surface area (Å²) in [5.41, 5.74) is 0.108. The van der Waals surface area contributed by atoms with Crippen LogP contribution in [0.1, 0.15) is 0 Å². The van der Waals surface area contributed by atoms with E-state index >= 15 is 0 Å². The standard InChI is InChI=1S/C14H10Cl2FNO4S/c15-9-6-12-13(22-4-3-21-12)7-11(9)18-23(19,20)14-2-1-8(17)5-10(14)16/h1-2,5-7,18H,3-4H2. The highest BCUT2D eigenvalue weighted by molar-refractivity contribution is 7.92. The zero-order valence-electron chi connectivity index (χ0n) is 11.5. The number of anilines is 1. The molecule has 3 rings (SSSR count). The average Bonchev–Trinajstić information content (AvgIpc) is 2.47. The third-order valence-electron chi connectivity index (χ3n) is 3.06. The lowest BCUT2D eigenvalue weighted by atomic mass is 10.2. The Kier molecular flexibility index (Phi) is 4.27. The van der Waals surface area contributed by atoms with Gasteiger partial charge in [-0.15, -0.1) is 0 Å². The van der Waals surface area contributed by atoms with Gasteiger partial charge in [0, 0.05) is 12.1 Å². The molecule has 2 aromatic rings. The van der Waals surface area contributed by atoms with Crippen molar-refractivity contribution < 1.29 is 22.3 Å². The van der Waals surface area contributed by atoms with E-state index in [1.165, 1.54) is 12.1 Å². The molecule has 5 nitrogen and oxygen atoms in total. The fourth-order valence-corrected chi connectivity index (χ4v) is 3.90. The molecule has 1 aliphatic heterocycles. The lowest BCUT2D eigenvalue weighted by Gasteiger charge is -2.20. The number of nitrogens with one attached hydrogen (secondary N) is 1. The second-order valence-electron chi connectivity index (χ2n) is 4.66. The van der Waals surface area contributed by atoms with Crippen LogP contribution in [0.15, 0.2) is 35.2 Å². The summed E-state index contributed by atoms with van der Waals surface area (Å²) in [6.45, 7) is 0.740. The minimum Gasteiger partial charge on any atom is -0.486 e. The summed E-state index contributed by atoms with van der Waals surface area (Å²) in [7, 11) is -4.04. The van der Waals surface area contributed by atoms with E-state index in [0.717, 1.165) is 18.2 Å². The summed E-state index contributed by atoms with van der Waals surface area (Å²) in [6, 6.07) is 5.88. The quantitative estimate of drug-likeness (QED) is 0.885. The van der Waals surface area contributed by atoms with Gasteiger partial charge in [-0.05, 0) is 18.2 Å². The third-order valence-corrected chi connectivity index (χ3v) is 5.22. The molecule has 9 heteroatoms. The number of sulfonamides is 1. The summed E-state index contributed by atoms with van der Waals surface area (Å²) < 4.78 is 50.9.